The smallest absolute Gasteiger partial charge is 0.0555 e. The van der Waals surface area contributed by atoms with Gasteiger partial charge in [0.05, 0.1) is 6.54 Å². The summed E-state index contributed by atoms with van der Waals surface area (Å²) in [6, 6.07) is 2.16. The summed E-state index contributed by atoms with van der Waals surface area (Å²) in [5.41, 5.74) is 6.42. The predicted octanol–water partition coefficient (Wildman–Crippen LogP) is 3.09. The van der Waals surface area contributed by atoms with Gasteiger partial charge in [0.15, 0.2) is 0 Å². The molecule has 0 atom stereocenters. The third-order valence-corrected chi connectivity index (χ3v) is 4.08. The molecule has 0 aliphatic rings. The molecule has 0 saturated carbocycles. The zero-order valence-electron chi connectivity index (χ0n) is 9.46. The van der Waals surface area contributed by atoms with Gasteiger partial charge in [-0.15, -0.1) is 11.3 Å². The third kappa shape index (κ3) is 5.27. The van der Waals surface area contributed by atoms with E-state index in [2.05, 4.69) is 44.1 Å². The van der Waals surface area contributed by atoms with Crippen molar-refractivity contribution >= 4 is 23.1 Å². The van der Waals surface area contributed by atoms with Gasteiger partial charge in [0.25, 0.3) is 0 Å². The zero-order valence-corrected chi connectivity index (χ0v) is 11.1. The second kappa shape index (κ2) is 5.60. The van der Waals surface area contributed by atoms with Gasteiger partial charge >= 0.3 is 0 Å². The normalized spacial score (nSPS) is 10.9. The van der Waals surface area contributed by atoms with Gasteiger partial charge in [-0.2, -0.15) is 11.8 Å². The largest absolute Gasteiger partial charge is 0.320 e. The standard InChI is InChI=1S/C12H17NS2/c1-12(2,3)15-9-11-7-10(8-14-11)5-4-6-13/h7-8H,6,9,13H2,1-3H3. The molecule has 0 bridgehead atoms. The molecule has 0 unspecified atom stereocenters. The molecular weight excluding hydrogens is 222 g/mol. The van der Waals surface area contributed by atoms with Crippen LogP contribution in [0.1, 0.15) is 31.2 Å². The van der Waals surface area contributed by atoms with E-state index in [4.69, 9.17) is 5.73 Å². The minimum Gasteiger partial charge on any atom is -0.320 e. The van der Waals surface area contributed by atoms with Crippen LogP contribution < -0.4 is 5.73 Å². The van der Waals surface area contributed by atoms with Gasteiger partial charge < -0.3 is 5.73 Å². The summed E-state index contributed by atoms with van der Waals surface area (Å²) in [6.07, 6.45) is 0. The van der Waals surface area contributed by atoms with Crippen LogP contribution in [0.2, 0.25) is 0 Å². The summed E-state index contributed by atoms with van der Waals surface area (Å²) >= 11 is 3.74. The molecule has 0 fully saturated rings. The summed E-state index contributed by atoms with van der Waals surface area (Å²) in [4.78, 5) is 1.39. The Balaban J connectivity index is 2.53. The molecule has 1 aromatic heterocycles. The fourth-order valence-electron chi connectivity index (χ4n) is 0.963. The van der Waals surface area contributed by atoms with E-state index in [1.807, 2.05) is 11.8 Å². The minimum absolute atomic E-state index is 0.326. The van der Waals surface area contributed by atoms with E-state index in [0.29, 0.717) is 11.3 Å². The molecule has 0 spiro atoms. The molecule has 1 rings (SSSR count). The molecule has 0 amide bonds. The van der Waals surface area contributed by atoms with E-state index >= 15 is 0 Å². The van der Waals surface area contributed by atoms with Gasteiger partial charge in [0, 0.05) is 26.3 Å². The molecule has 0 aliphatic heterocycles. The Morgan fingerprint density at radius 3 is 2.80 bits per heavy atom. The molecular formula is C12H17NS2. The first-order valence-electron chi connectivity index (χ1n) is 4.91. The maximum atomic E-state index is 5.32. The number of thioether (sulfide) groups is 1. The first kappa shape index (κ1) is 12.6. The quantitative estimate of drug-likeness (QED) is 0.803. The maximum absolute atomic E-state index is 5.32. The highest BCUT2D eigenvalue weighted by Crippen LogP contribution is 2.29. The molecule has 82 valence electrons. The summed E-state index contributed by atoms with van der Waals surface area (Å²) in [5.74, 6) is 6.98. The van der Waals surface area contributed by atoms with E-state index in [1.165, 1.54) is 4.88 Å². The van der Waals surface area contributed by atoms with Crippen molar-refractivity contribution < 1.29 is 0 Å². The minimum atomic E-state index is 0.326. The lowest BCUT2D eigenvalue weighted by molar-refractivity contribution is 0.802. The van der Waals surface area contributed by atoms with Crippen LogP contribution in [0.4, 0.5) is 0 Å². The van der Waals surface area contributed by atoms with Crippen LogP contribution in [-0.2, 0) is 5.75 Å². The number of hydrogen-bond acceptors (Lipinski definition) is 3. The molecule has 1 nitrogen and oxygen atoms in total. The number of rotatable bonds is 2. The van der Waals surface area contributed by atoms with E-state index < -0.39 is 0 Å². The highest BCUT2D eigenvalue weighted by atomic mass is 32.2. The average Bonchev–Trinajstić information content (AvgIpc) is 2.58. The Kier molecular flexibility index (Phi) is 4.72. The van der Waals surface area contributed by atoms with Crippen molar-refractivity contribution in [2.75, 3.05) is 6.54 Å². The molecule has 0 saturated heterocycles. The van der Waals surface area contributed by atoms with Crippen LogP contribution in [0.25, 0.3) is 0 Å². The topological polar surface area (TPSA) is 26.0 Å². The SMILES string of the molecule is CC(C)(C)SCc1cc(C#CCN)cs1. The molecule has 15 heavy (non-hydrogen) atoms. The number of hydrogen-bond donors (Lipinski definition) is 1. The van der Waals surface area contributed by atoms with Crippen LogP contribution >= 0.6 is 23.1 Å². The van der Waals surface area contributed by atoms with Crippen molar-refractivity contribution in [2.24, 2.45) is 5.73 Å². The summed E-state index contributed by atoms with van der Waals surface area (Å²) in [5, 5.41) is 2.10. The molecule has 1 aromatic rings. The van der Waals surface area contributed by atoms with Crippen LogP contribution in [0, 0.1) is 11.8 Å². The van der Waals surface area contributed by atoms with Crippen LogP contribution in [0.15, 0.2) is 11.4 Å². The lowest BCUT2D eigenvalue weighted by Gasteiger charge is -2.16. The molecule has 1 heterocycles. The van der Waals surface area contributed by atoms with E-state index in [9.17, 15) is 0 Å². The van der Waals surface area contributed by atoms with Crippen LogP contribution in [0.3, 0.4) is 0 Å². The first-order valence-corrected chi connectivity index (χ1v) is 6.78. The molecule has 0 aromatic carbocycles. The molecule has 0 aliphatic carbocycles. The van der Waals surface area contributed by atoms with Crippen molar-refractivity contribution in [3.8, 4) is 11.8 Å². The Morgan fingerprint density at radius 1 is 1.47 bits per heavy atom. The average molecular weight is 239 g/mol. The molecule has 0 radical (unpaired) electrons. The lowest BCUT2D eigenvalue weighted by Crippen LogP contribution is -2.06. The lowest BCUT2D eigenvalue weighted by atomic mass is 10.3. The highest BCUT2D eigenvalue weighted by Gasteiger charge is 2.11. The van der Waals surface area contributed by atoms with Crippen molar-refractivity contribution in [1.29, 1.82) is 0 Å². The number of thiophene rings is 1. The fraction of sp³-hybridized carbons (Fsp3) is 0.500. The first-order chi connectivity index (χ1) is 7.01. The van der Waals surface area contributed by atoms with Gasteiger partial charge in [-0.3, -0.25) is 0 Å². The second-order valence-corrected chi connectivity index (χ2v) is 7.01. The third-order valence-electron chi connectivity index (χ3n) is 1.64. The number of nitrogens with two attached hydrogens (primary N) is 1. The highest BCUT2D eigenvalue weighted by molar-refractivity contribution is 7.99. The fourth-order valence-corrected chi connectivity index (χ4v) is 2.67. The van der Waals surface area contributed by atoms with E-state index in [-0.39, 0.29) is 0 Å². The van der Waals surface area contributed by atoms with Gasteiger partial charge in [-0.1, -0.05) is 32.6 Å². The Labute approximate surface area is 100 Å². The van der Waals surface area contributed by atoms with Crippen molar-refractivity contribution in [3.63, 3.8) is 0 Å². The van der Waals surface area contributed by atoms with Crippen LogP contribution in [0.5, 0.6) is 0 Å². The van der Waals surface area contributed by atoms with Crippen molar-refractivity contribution in [1.82, 2.24) is 0 Å². The Hall–Kier alpha value is -0.430. The zero-order chi connectivity index (χ0) is 11.3. The molecule has 2 N–H and O–H groups in total. The van der Waals surface area contributed by atoms with Crippen LogP contribution in [-0.4, -0.2) is 11.3 Å². The second-order valence-electron chi connectivity index (χ2n) is 4.21. The Morgan fingerprint density at radius 2 is 2.20 bits per heavy atom. The maximum Gasteiger partial charge on any atom is 0.0555 e. The van der Waals surface area contributed by atoms with Gasteiger partial charge in [-0.25, -0.2) is 0 Å². The van der Waals surface area contributed by atoms with Crippen molar-refractivity contribution in [3.05, 3.63) is 21.9 Å². The summed E-state index contributed by atoms with van der Waals surface area (Å²) in [6.45, 7) is 7.14. The van der Waals surface area contributed by atoms with Gasteiger partial charge in [0.2, 0.25) is 0 Å². The summed E-state index contributed by atoms with van der Waals surface area (Å²) in [7, 11) is 0. The van der Waals surface area contributed by atoms with E-state index in [0.717, 1.165) is 11.3 Å². The van der Waals surface area contributed by atoms with Gasteiger partial charge in [0.1, 0.15) is 0 Å². The predicted molar refractivity (Wildman–Crippen MR) is 71.3 cm³/mol. The van der Waals surface area contributed by atoms with E-state index in [1.54, 1.807) is 11.3 Å². The monoisotopic (exact) mass is 239 g/mol. The van der Waals surface area contributed by atoms with Gasteiger partial charge in [-0.05, 0) is 6.07 Å². The molecule has 3 heteroatoms. The Bertz CT molecular complexity index is 363. The van der Waals surface area contributed by atoms with Crippen molar-refractivity contribution in [2.45, 2.75) is 31.3 Å². The summed E-state index contributed by atoms with van der Waals surface area (Å²) < 4.78 is 0.326.